The summed E-state index contributed by atoms with van der Waals surface area (Å²) in [5.41, 5.74) is 1.55. The van der Waals surface area contributed by atoms with Gasteiger partial charge in [-0.15, -0.1) is 0 Å². The molecule has 3 rings (SSSR count). The maximum atomic E-state index is 12.2. The molecule has 7 heteroatoms. The summed E-state index contributed by atoms with van der Waals surface area (Å²) >= 11 is 0. The van der Waals surface area contributed by atoms with Crippen LogP contribution in [0, 0.1) is 0 Å². The fourth-order valence-electron chi connectivity index (χ4n) is 3.32. The summed E-state index contributed by atoms with van der Waals surface area (Å²) in [6.07, 6.45) is 1.15. The van der Waals surface area contributed by atoms with E-state index in [0.717, 1.165) is 17.5 Å². The monoisotopic (exact) mass is 417 g/mol. The first kappa shape index (κ1) is 21.2. The van der Waals surface area contributed by atoms with Crippen LogP contribution in [0.1, 0.15) is 31.4 Å². The molecule has 156 valence electrons. The molecule has 0 fully saturated rings. The van der Waals surface area contributed by atoms with Gasteiger partial charge in [-0.2, -0.15) is 0 Å². The van der Waals surface area contributed by atoms with E-state index in [1.165, 1.54) is 0 Å². The van der Waals surface area contributed by atoms with Crippen molar-refractivity contribution in [3.8, 4) is 11.5 Å². The fraction of sp³-hybridized carbons (Fsp3) is 0.409. The van der Waals surface area contributed by atoms with E-state index >= 15 is 0 Å². The fourth-order valence-corrected chi connectivity index (χ4v) is 4.74. The highest BCUT2D eigenvalue weighted by atomic mass is 32.2. The van der Waals surface area contributed by atoms with Gasteiger partial charge in [-0.1, -0.05) is 42.5 Å². The molecule has 0 spiro atoms. The topological polar surface area (TPSA) is 81.7 Å². The predicted molar refractivity (Wildman–Crippen MR) is 112 cm³/mol. The summed E-state index contributed by atoms with van der Waals surface area (Å²) in [5, 5.41) is 2.70. The van der Waals surface area contributed by atoms with E-state index in [4.69, 9.17) is 9.47 Å². The zero-order valence-electron chi connectivity index (χ0n) is 16.8. The van der Waals surface area contributed by atoms with E-state index in [9.17, 15) is 13.2 Å². The van der Waals surface area contributed by atoms with E-state index < -0.39 is 9.84 Å². The molecule has 1 heterocycles. The van der Waals surface area contributed by atoms with Gasteiger partial charge in [0.05, 0.1) is 11.5 Å². The van der Waals surface area contributed by atoms with Gasteiger partial charge in [-0.25, -0.2) is 8.42 Å². The van der Waals surface area contributed by atoms with Crippen molar-refractivity contribution in [1.29, 1.82) is 0 Å². The number of hydrogen-bond acceptors (Lipinski definition) is 5. The molecule has 2 aromatic rings. The number of para-hydroxylation sites is 1. The third-order valence-corrected chi connectivity index (χ3v) is 6.28. The maximum absolute atomic E-state index is 12.2. The third kappa shape index (κ3) is 6.22. The molecule has 1 aliphatic rings. The van der Waals surface area contributed by atoms with Gasteiger partial charge in [0.2, 0.25) is 0 Å². The van der Waals surface area contributed by atoms with Crippen LogP contribution in [-0.2, 0) is 26.8 Å². The molecule has 0 saturated carbocycles. The van der Waals surface area contributed by atoms with Crippen molar-refractivity contribution in [2.45, 2.75) is 38.0 Å². The number of fused-ring (bicyclic) bond motifs is 1. The number of carbonyl (C=O) groups excluding carboxylic acids is 1. The molecule has 1 amide bonds. The molecule has 0 bridgehead atoms. The van der Waals surface area contributed by atoms with Gasteiger partial charge in [0.25, 0.3) is 5.91 Å². The van der Waals surface area contributed by atoms with E-state index in [1.54, 1.807) is 18.2 Å². The molecular weight excluding hydrogens is 390 g/mol. The molecule has 0 radical (unpaired) electrons. The van der Waals surface area contributed by atoms with Crippen molar-refractivity contribution in [1.82, 2.24) is 5.32 Å². The van der Waals surface area contributed by atoms with Gasteiger partial charge in [0.1, 0.15) is 5.60 Å². The lowest BCUT2D eigenvalue weighted by Crippen LogP contribution is -2.30. The molecule has 0 saturated heterocycles. The van der Waals surface area contributed by atoms with Crippen LogP contribution in [0.5, 0.6) is 11.5 Å². The molecule has 6 nitrogen and oxygen atoms in total. The van der Waals surface area contributed by atoms with Gasteiger partial charge in [-0.05, 0) is 31.9 Å². The zero-order valence-corrected chi connectivity index (χ0v) is 17.6. The summed E-state index contributed by atoms with van der Waals surface area (Å²) < 4.78 is 35.9. The summed E-state index contributed by atoms with van der Waals surface area (Å²) in [6, 6.07) is 14.7. The van der Waals surface area contributed by atoms with Gasteiger partial charge >= 0.3 is 0 Å². The SMILES string of the molecule is CC1(C)Cc2cccc(OCC(=O)NCCCS(=O)(=O)Cc3ccccc3)c2O1. The van der Waals surface area contributed by atoms with Crippen molar-refractivity contribution in [3.63, 3.8) is 0 Å². The Bertz CT molecular complexity index is 954. The standard InChI is InChI=1S/C22H27NO5S/c1-22(2)14-18-10-6-11-19(21(18)28-22)27-15-20(24)23-12-7-13-29(25,26)16-17-8-4-3-5-9-17/h3-6,8-11H,7,12-16H2,1-2H3,(H,23,24). The largest absolute Gasteiger partial charge is 0.483 e. The normalized spacial score (nSPS) is 14.7. The summed E-state index contributed by atoms with van der Waals surface area (Å²) in [7, 11) is -3.20. The molecule has 1 aliphatic heterocycles. The highest BCUT2D eigenvalue weighted by molar-refractivity contribution is 7.90. The average Bonchev–Trinajstić information content (AvgIpc) is 2.98. The molecule has 29 heavy (non-hydrogen) atoms. The van der Waals surface area contributed by atoms with Crippen LogP contribution in [0.3, 0.4) is 0 Å². The number of carbonyl (C=O) groups is 1. The van der Waals surface area contributed by atoms with Gasteiger partial charge < -0.3 is 14.8 Å². The first-order valence-corrected chi connectivity index (χ1v) is 11.5. The van der Waals surface area contributed by atoms with E-state index in [-0.39, 0.29) is 36.2 Å². The third-order valence-electron chi connectivity index (χ3n) is 4.60. The molecule has 0 aromatic heterocycles. The van der Waals surface area contributed by atoms with E-state index in [0.29, 0.717) is 17.9 Å². The Morgan fingerprint density at radius 3 is 2.66 bits per heavy atom. The number of hydrogen-bond donors (Lipinski definition) is 1. The Labute approximate surface area is 172 Å². The Morgan fingerprint density at radius 2 is 1.90 bits per heavy atom. The second-order valence-corrected chi connectivity index (χ2v) is 10.0. The Hall–Kier alpha value is -2.54. The van der Waals surface area contributed by atoms with Crippen LogP contribution in [0.2, 0.25) is 0 Å². The van der Waals surface area contributed by atoms with E-state index in [1.807, 2.05) is 44.2 Å². The van der Waals surface area contributed by atoms with Crippen LogP contribution in [0.15, 0.2) is 48.5 Å². The van der Waals surface area contributed by atoms with Crippen LogP contribution in [0.4, 0.5) is 0 Å². The lowest BCUT2D eigenvalue weighted by atomic mass is 10.0. The Morgan fingerprint density at radius 1 is 1.14 bits per heavy atom. The van der Waals surface area contributed by atoms with Crippen LogP contribution in [0.25, 0.3) is 0 Å². The molecular formula is C22H27NO5S. The maximum Gasteiger partial charge on any atom is 0.257 e. The summed E-state index contributed by atoms with van der Waals surface area (Å²) in [6.45, 7) is 4.16. The number of nitrogens with one attached hydrogen (secondary N) is 1. The van der Waals surface area contributed by atoms with Gasteiger partial charge in [0, 0.05) is 18.5 Å². The Balaban J connectivity index is 1.40. The first-order valence-electron chi connectivity index (χ1n) is 9.69. The van der Waals surface area contributed by atoms with Crippen LogP contribution in [-0.4, -0.2) is 38.8 Å². The van der Waals surface area contributed by atoms with Crippen LogP contribution < -0.4 is 14.8 Å². The minimum atomic E-state index is -3.20. The number of sulfone groups is 1. The molecule has 0 unspecified atom stereocenters. The first-order chi connectivity index (χ1) is 13.7. The lowest BCUT2D eigenvalue weighted by Gasteiger charge is -2.18. The minimum absolute atomic E-state index is 0.0142. The zero-order chi connectivity index (χ0) is 20.9. The Kier molecular flexibility index (Phi) is 6.47. The quantitative estimate of drug-likeness (QED) is 0.635. The smallest absolute Gasteiger partial charge is 0.257 e. The van der Waals surface area contributed by atoms with Crippen molar-refractivity contribution in [2.75, 3.05) is 18.9 Å². The number of ether oxygens (including phenoxy) is 2. The number of amides is 1. The second kappa shape index (κ2) is 8.86. The summed E-state index contributed by atoms with van der Waals surface area (Å²) in [5.74, 6) is 0.990. The van der Waals surface area contributed by atoms with Crippen molar-refractivity contribution in [3.05, 3.63) is 59.7 Å². The molecule has 0 atom stereocenters. The molecule has 0 aliphatic carbocycles. The predicted octanol–water partition coefficient (Wildman–Crippen LogP) is 2.90. The average molecular weight is 418 g/mol. The van der Waals surface area contributed by atoms with Crippen molar-refractivity contribution in [2.24, 2.45) is 0 Å². The second-order valence-electron chi connectivity index (χ2n) is 7.85. The van der Waals surface area contributed by atoms with Crippen molar-refractivity contribution < 1.29 is 22.7 Å². The minimum Gasteiger partial charge on any atom is -0.483 e. The lowest BCUT2D eigenvalue weighted by molar-refractivity contribution is -0.123. The molecule has 1 N–H and O–H groups in total. The highest BCUT2D eigenvalue weighted by Crippen LogP contribution is 2.41. The van der Waals surface area contributed by atoms with Crippen LogP contribution >= 0.6 is 0 Å². The van der Waals surface area contributed by atoms with Gasteiger partial charge in [0.15, 0.2) is 27.9 Å². The van der Waals surface area contributed by atoms with Gasteiger partial charge in [-0.3, -0.25) is 4.79 Å². The highest BCUT2D eigenvalue weighted by Gasteiger charge is 2.32. The van der Waals surface area contributed by atoms with E-state index in [2.05, 4.69) is 5.32 Å². The number of benzene rings is 2. The summed E-state index contributed by atoms with van der Waals surface area (Å²) in [4.78, 5) is 12.0. The molecule has 2 aromatic carbocycles. The number of rotatable bonds is 9. The van der Waals surface area contributed by atoms with Crippen molar-refractivity contribution >= 4 is 15.7 Å².